The van der Waals surface area contributed by atoms with Crippen LogP contribution in [0.5, 0.6) is 0 Å². The van der Waals surface area contributed by atoms with Gasteiger partial charge in [0.05, 0.1) is 26.4 Å². The van der Waals surface area contributed by atoms with Crippen LogP contribution >= 0.6 is 15.6 Å². The van der Waals surface area contributed by atoms with Gasteiger partial charge in [0.2, 0.25) is 0 Å². The molecule has 0 radical (unpaired) electrons. The molecule has 0 fully saturated rings. The van der Waals surface area contributed by atoms with Gasteiger partial charge in [0.15, 0.2) is 12.2 Å². The molecule has 17 nitrogen and oxygen atoms in total. The highest BCUT2D eigenvalue weighted by Gasteiger charge is 2.30. The second-order valence-corrected chi connectivity index (χ2v) is 32.9. The molecule has 0 aliphatic heterocycles. The predicted molar refractivity (Wildman–Crippen MR) is 404 cm³/mol. The summed E-state index contributed by atoms with van der Waals surface area (Å²) in [6, 6.07) is 0. The Morgan fingerprint density at radius 1 is 0.283 bits per heavy atom. The number of aliphatic hydroxyl groups is 1. The fourth-order valence-electron chi connectivity index (χ4n) is 12.2. The van der Waals surface area contributed by atoms with Crippen molar-refractivity contribution >= 4 is 39.5 Å². The minimum Gasteiger partial charge on any atom is -0.462 e. The van der Waals surface area contributed by atoms with Gasteiger partial charge in [-0.15, -0.1) is 0 Å². The average molecular weight is 1450 g/mol. The molecule has 0 saturated carbocycles. The van der Waals surface area contributed by atoms with Gasteiger partial charge < -0.3 is 33.8 Å². The second kappa shape index (κ2) is 69.1. The SMILES string of the molecule is CCC(C)CCCCCCCCCCCCCCCCCCCCC(=O)O[C@H](COC(=O)CCCCCCCCC(C)CC)COP(=O)(O)OC[C@@H](O)COP(=O)(O)OC[C@@H](COC(=O)CCCCCCCCC(C)C)OC(=O)CCCCCCCCCCCCCCCCC(C)CC. The standard InChI is InChI=1S/C80H156O17P2/c1-9-71(6)57-49-41-32-28-24-20-16-14-12-13-15-17-22-26-30-34-46-54-62-80(85)97-76(67-91-78(83)61-53-45-39-37-43-51-59-73(8)11-3)69-95-99(88,89)93-65-74(81)64-92-98(86,87)94-68-75(66-90-77(82)60-52-44-38-36-40-48-56-70(4)5)96-79(84)63-55-47-35-31-27-23-19-18-21-25-29-33-42-50-58-72(7)10-2/h70-76,81H,9-69H2,1-8H3,(H,86,87)(H,88,89)/t71?,72?,73?,74-,75+,76+/m0/s1. The molecule has 0 amide bonds. The smallest absolute Gasteiger partial charge is 0.462 e. The summed E-state index contributed by atoms with van der Waals surface area (Å²) in [6.45, 7) is 14.2. The van der Waals surface area contributed by atoms with Crippen molar-refractivity contribution in [1.29, 1.82) is 0 Å². The van der Waals surface area contributed by atoms with E-state index in [1.165, 1.54) is 199 Å². The van der Waals surface area contributed by atoms with Crippen molar-refractivity contribution < 1.29 is 80.2 Å². The number of carbonyl (C=O) groups excluding carboxylic acids is 4. The Morgan fingerprint density at radius 2 is 0.485 bits per heavy atom. The number of carbonyl (C=O) groups is 4. The lowest BCUT2D eigenvalue weighted by atomic mass is 9.99. The number of unbranched alkanes of at least 4 members (excludes halogenated alkanes) is 40. The molecule has 0 aromatic rings. The van der Waals surface area contributed by atoms with Crippen molar-refractivity contribution in [1.82, 2.24) is 0 Å². The fraction of sp³-hybridized carbons (Fsp3) is 0.950. The molecule has 0 spiro atoms. The molecule has 3 N–H and O–H groups in total. The van der Waals surface area contributed by atoms with Crippen molar-refractivity contribution in [3.8, 4) is 0 Å². The highest BCUT2D eigenvalue weighted by molar-refractivity contribution is 7.47. The fourth-order valence-corrected chi connectivity index (χ4v) is 13.7. The maximum Gasteiger partial charge on any atom is 0.472 e. The van der Waals surface area contributed by atoms with Gasteiger partial charge in [-0.25, -0.2) is 9.13 Å². The maximum atomic E-state index is 13.1. The Bertz CT molecular complexity index is 1940. The monoisotopic (exact) mass is 1450 g/mol. The first-order chi connectivity index (χ1) is 47.7. The molecule has 0 aromatic carbocycles. The number of phosphoric acid groups is 2. The number of hydrogen-bond acceptors (Lipinski definition) is 15. The van der Waals surface area contributed by atoms with E-state index in [1.807, 2.05) is 0 Å². The molecular formula is C80H156O17P2. The number of hydrogen-bond donors (Lipinski definition) is 3. The van der Waals surface area contributed by atoms with Gasteiger partial charge in [0, 0.05) is 25.7 Å². The van der Waals surface area contributed by atoms with Crippen LogP contribution in [0.4, 0.5) is 0 Å². The highest BCUT2D eigenvalue weighted by Crippen LogP contribution is 2.45. The molecule has 99 heavy (non-hydrogen) atoms. The number of phosphoric ester groups is 2. The van der Waals surface area contributed by atoms with Crippen LogP contribution in [0.15, 0.2) is 0 Å². The summed E-state index contributed by atoms with van der Waals surface area (Å²) in [5.41, 5.74) is 0. The zero-order chi connectivity index (χ0) is 73.1. The van der Waals surface area contributed by atoms with Gasteiger partial charge in [0.25, 0.3) is 0 Å². The zero-order valence-electron chi connectivity index (χ0n) is 65.1. The van der Waals surface area contributed by atoms with Crippen molar-refractivity contribution in [2.24, 2.45) is 23.7 Å². The Balaban J connectivity index is 5.15. The van der Waals surface area contributed by atoms with Crippen LogP contribution in [-0.4, -0.2) is 96.7 Å². The molecule has 19 heteroatoms. The summed E-state index contributed by atoms with van der Waals surface area (Å²) in [4.78, 5) is 72.9. The van der Waals surface area contributed by atoms with Gasteiger partial charge in [-0.2, -0.15) is 0 Å². The van der Waals surface area contributed by atoms with Crippen LogP contribution in [-0.2, 0) is 65.4 Å². The summed E-state index contributed by atoms with van der Waals surface area (Å²) in [6.07, 6.45) is 55.7. The van der Waals surface area contributed by atoms with E-state index in [4.69, 9.17) is 37.0 Å². The van der Waals surface area contributed by atoms with Gasteiger partial charge in [-0.3, -0.25) is 37.3 Å². The average Bonchev–Trinajstić information content (AvgIpc) is 1.20. The van der Waals surface area contributed by atoms with E-state index < -0.39 is 97.5 Å². The molecule has 5 unspecified atom stereocenters. The molecular weight excluding hydrogens is 1290 g/mol. The van der Waals surface area contributed by atoms with E-state index in [0.29, 0.717) is 31.6 Å². The quantitative estimate of drug-likeness (QED) is 0.0222. The first kappa shape index (κ1) is 97.1. The molecule has 588 valence electrons. The second-order valence-electron chi connectivity index (χ2n) is 30.0. The number of rotatable bonds is 77. The maximum absolute atomic E-state index is 13.1. The summed E-state index contributed by atoms with van der Waals surface area (Å²) >= 11 is 0. The largest absolute Gasteiger partial charge is 0.472 e. The van der Waals surface area contributed by atoms with Crippen LogP contribution in [0.1, 0.15) is 409 Å². The number of esters is 4. The lowest BCUT2D eigenvalue weighted by Crippen LogP contribution is -2.30. The molecule has 0 saturated heterocycles. The molecule has 0 bridgehead atoms. The number of aliphatic hydroxyl groups excluding tert-OH is 1. The highest BCUT2D eigenvalue weighted by atomic mass is 31.2. The first-order valence-electron chi connectivity index (χ1n) is 41.3. The summed E-state index contributed by atoms with van der Waals surface area (Å²) in [5, 5.41) is 10.6. The van der Waals surface area contributed by atoms with Crippen LogP contribution < -0.4 is 0 Å². The summed E-state index contributed by atoms with van der Waals surface area (Å²) in [7, 11) is -9.92. The van der Waals surface area contributed by atoms with E-state index in [1.54, 1.807) is 0 Å². The minimum absolute atomic E-state index is 0.106. The minimum atomic E-state index is -4.96. The zero-order valence-corrected chi connectivity index (χ0v) is 66.9. The molecule has 0 rings (SSSR count). The molecule has 8 atom stereocenters. The molecule has 0 aliphatic carbocycles. The Hall–Kier alpha value is -1.94. The van der Waals surface area contributed by atoms with Crippen LogP contribution in [0, 0.1) is 23.7 Å². The Morgan fingerprint density at radius 3 is 0.717 bits per heavy atom. The third-order valence-corrected chi connectivity index (χ3v) is 21.6. The topological polar surface area (TPSA) is 237 Å². The molecule has 0 aromatic heterocycles. The van der Waals surface area contributed by atoms with Crippen LogP contribution in [0.25, 0.3) is 0 Å². The van der Waals surface area contributed by atoms with Crippen LogP contribution in [0.3, 0.4) is 0 Å². The van der Waals surface area contributed by atoms with Gasteiger partial charge in [-0.05, 0) is 49.4 Å². The van der Waals surface area contributed by atoms with E-state index in [0.717, 1.165) is 120 Å². The van der Waals surface area contributed by atoms with Crippen molar-refractivity contribution in [2.45, 2.75) is 427 Å². The van der Waals surface area contributed by atoms with Crippen LogP contribution in [0.2, 0.25) is 0 Å². The van der Waals surface area contributed by atoms with Crippen molar-refractivity contribution in [3.63, 3.8) is 0 Å². The van der Waals surface area contributed by atoms with E-state index in [2.05, 4.69) is 55.4 Å². The normalized spacial score (nSPS) is 14.9. The number of ether oxygens (including phenoxy) is 4. The van der Waals surface area contributed by atoms with Gasteiger partial charge >= 0.3 is 39.5 Å². The molecule has 0 aliphatic rings. The van der Waals surface area contributed by atoms with E-state index in [-0.39, 0.29) is 25.7 Å². The van der Waals surface area contributed by atoms with Gasteiger partial charge in [0.1, 0.15) is 19.3 Å². The third kappa shape index (κ3) is 70.2. The third-order valence-electron chi connectivity index (χ3n) is 19.7. The first-order valence-corrected chi connectivity index (χ1v) is 44.3. The van der Waals surface area contributed by atoms with Gasteiger partial charge in [-0.1, -0.05) is 357 Å². The van der Waals surface area contributed by atoms with E-state index in [9.17, 15) is 43.2 Å². The predicted octanol–water partition coefficient (Wildman–Crippen LogP) is 23.6. The Kier molecular flexibility index (Phi) is 67.8. The lowest BCUT2D eigenvalue weighted by molar-refractivity contribution is -0.161. The van der Waals surface area contributed by atoms with Crippen molar-refractivity contribution in [3.05, 3.63) is 0 Å². The lowest BCUT2D eigenvalue weighted by Gasteiger charge is -2.21. The molecule has 0 heterocycles. The Labute approximate surface area is 607 Å². The van der Waals surface area contributed by atoms with Crippen molar-refractivity contribution in [2.75, 3.05) is 39.6 Å². The summed E-state index contributed by atoms with van der Waals surface area (Å²) in [5.74, 6) is 1.01. The van der Waals surface area contributed by atoms with E-state index >= 15 is 0 Å². The summed E-state index contributed by atoms with van der Waals surface area (Å²) < 4.78 is 68.6.